The molecule has 1 aliphatic rings. The van der Waals surface area contributed by atoms with Gasteiger partial charge in [-0.25, -0.2) is 9.97 Å². The van der Waals surface area contributed by atoms with Crippen LogP contribution in [-0.2, 0) is 0 Å². The SMILES string of the molecule is Clc1nc(C2CCNC2)nc2ccccc12. The van der Waals surface area contributed by atoms with E-state index in [1.807, 2.05) is 24.3 Å². The van der Waals surface area contributed by atoms with E-state index in [0.717, 1.165) is 36.2 Å². The Morgan fingerprint density at radius 2 is 2.12 bits per heavy atom. The molecule has 3 rings (SSSR count). The monoisotopic (exact) mass is 233 g/mol. The Kier molecular flexibility index (Phi) is 2.50. The first-order valence-corrected chi connectivity index (χ1v) is 5.85. The quantitative estimate of drug-likeness (QED) is 0.769. The van der Waals surface area contributed by atoms with Crippen LogP contribution >= 0.6 is 11.6 Å². The smallest absolute Gasteiger partial charge is 0.140 e. The maximum Gasteiger partial charge on any atom is 0.140 e. The minimum Gasteiger partial charge on any atom is -0.316 e. The Bertz CT molecular complexity index is 521. The lowest BCUT2D eigenvalue weighted by Crippen LogP contribution is -2.10. The molecule has 1 saturated heterocycles. The number of aromatic nitrogens is 2. The summed E-state index contributed by atoms with van der Waals surface area (Å²) < 4.78 is 0. The van der Waals surface area contributed by atoms with E-state index in [1.165, 1.54) is 0 Å². The van der Waals surface area contributed by atoms with Crippen molar-refractivity contribution < 1.29 is 0 Å². The zero-order valence-corrected chi connectivity index (χ0v) is 9.54. The molecular formula is C12H12ClN3. The van der Waals surface area contributed by atoms with Crippen molar-refractivity contribution in [2.75, 3.05) is 13.1 Å². The van der Waals surface area contributed by atoms with Gasteiger partial charge >= 0.3 is 0 Å². The van der Waals surface area contributed by atoms with Crippen molar-refractivity contribution >= 4 is 22.5 Å². The number of benzene rings is 1. The van der Waals surface area contributed by atoms with Gasteiger partial charge in [-0.1, -0.05) is 23.7 Å². The molecule has 16 heavy (non-hydrogen) atoms. The summed E-state index contributed by atoms with van der Waals surface area (Å²) in [4.78, 5) is 8.98. The van der Waals surface area contributed by atoms with Gasteiger partial charge in [0, 0.05) is 17.8 Å². The molecule has 1 unspecified atom stereocenters. The van der Waals surface area contributed by atoms with E-state index in [0.29, 0.717) is 11.1 Å². The van der Waals surface area contributed by atoms with Crippen LogP contribution in [0.4, 0.5) is 0 Å². The van der Waals surface area contributed by atoms with Crippen molar-refractivity contribution in [3.63, 3.8) is 0 Å². The summed E-state index contributed by atoms with van der Waals surface area (Å²) in [6.45, 7) is 1.99. The van der Waals surface area contributed by atoms with Crippen LogP contribution in [0.25, 0.3) is 10.9 Å². The van der Waals surface area contributed by atoms with Gasteiger partial charge in [-0.3, -0.25) is 0 Å². The first-order chi connectivity index (χ1) is 7.84. The highest BCUT2D eigenvalue weighted by atomic mass is 35.5. The van der Waals surface area contributed by atoms with E-state index < -0.39 is 0 Å². The predicted molar refractivity (Wildman–Crippen MR) is 64.8 cm³/mol. The summed E-state index contributed by atoms with van der Waals surface area (Å²) in [7, 11) is 0. The molecular weight excluding hydrogens is 222 g/mol. The second-order valence-electron chi connectivity index (χ2n) is 4.08. The average Bonchev–Trinajstić information content (AvgIpc) is 2.82. The summed E-state index contributed by atoms with van der Waals surface area (Å²) >= 11 is 6.17. The summed E-state index contributed by atoms with van der Waals surface area (Å²) in [6.07, 6.45) is 1.09. The van der Waals surface area contributed by atoms with Gasteiger partial charge in [0.1, 0.15) is 11.0 Å². The minimum absolute atomic E-state index is 0.405. The van der Waals surface area contributed by atoms with Crippen LogP contribution < -0.4 is 5.32 Å². The van der Waals surface area contributed by atoms with Gasteiger partial charge in [0.25, 0.3) is 0 Å². The molecule has 0 amide bonds. The number of halogens is 1. The fourth-order valence-electron chi connectivity index (χ4n) is 2.11. The van der Waals surface area contributed by atoms with Gasteiger partial charge in [-0.15, -0.1) is 0 Å². The van der Waals surface area contributed by atoms with Crippen LogP contribution in [0.5, 0.6) is 0 Å². The second-order valence-corrected chi connectivity index (χ2v) is 4.44. The summed E-state index contributed by atoms with van der Waals surface area (Å²) in [6, 6.07) is 7.86. The molecule has 2 aromatic rings. The zero-order valence-electron chi connectivity index (χ0n) is 8.78. The lowest BCUT2D eigenvalue weighted by Gasteiger charge is -2.08. The summed E-state index contributed by atoms with van der Waals surface area (Å²) in [5.74, 6) is 1.27. The van der Waals surface area contributed by atoms with E-state index in [4.69, 9.17) is 11.6 Å². The highest BCUT2D eigenvalue weighted by Gasteiger charge is 2.20. The van der Waals surface area contributed by atoms with Gasteiger partial charge < -0.3 is 5.32 Å². The highest BCUT2D eigenvalue weighted by Crippen LogP contribution is 2.25. The van der Waals surface area contributed by atoms with Crippen LogP contribution in [0.15, 0.2) is 24.3 Å². The third-order valence-corrected chi connectivity index (χ3v) is 3.29. The molecule has 1 N–H and O–H groups in total. The van der Waals surface area contributed by atoms with Crippen LogP contribution in [0.3, 0.4) is 0 Å². The standard InChI is InChI=1S/C12H12ClN3/c13-11-9-3-1-2-4-10(9)15-12(16-11)8-5-6-14-7-8/h1-4,8,14H,5-7H2. The van der Waals surface area contributed by atoms with Crippen LogP contribution in [0.2, 0.25) is 5.15 Å². The van der Waals surface area contributed by atoms with E-state index in [-0.39, 0.29) is 0 Å². The Hall–Kier alpha value is -1.19. The largest absolute Gasteiger partial charge is 0.316 e. The molecule has 0 spiro atoms. The van der Waals surface area contributed by atoms with Gasteiger partial charge in [0.2, 0.25) is 0 Å². The Labute approximate surface area is 98.9 Å². The lowest BCUT2D eigenvalue weighted by atomic mass is 10.1. The van der Waals surface area contributed by atoms with Crippen molar-refractivity contribution in [1.82, 2.24) is 15.3 Å². The number of nitrogens with one attached hydrogen (secondary N) is 1. The molecule has 1 aromatic carbocycles. The molecule has 4 heteroatoms. The lowest BCUT2D eigenvalue weighted by molar-refractivity contribution is 0.707. The molecule has 82 valence electrons. The Morgan fingerprint density at radius 1 is 1.25 bits per heavy atom. The fraction of sp³-hybridized carbons (Fsp3) is 0.333. The third-order valence-electron chi connectivity index (χ3n) is 3.00. The molecule has 0 aliphatic carbocycles. The number of fused-ring (bicyclic) bond motifs is 1. The third kappa shape index (κ3) is 1.66. The second kappa shape index (κ2) is 4.00. The molecule has 1 aromatic heterocycles. The molecule has 0 bridgehead atoms. The van der Waals surface area contributed by atoms with Crippen LogP contribution in [0.1, 0.15) is 18.2 Å². The first-order valence-electron chi connectivity index (χ1n) is 5.47. The summed E-state index contributed by atoms with van der Waals surface area (Å²) in [5.41, 5.74) is 0.935. The number of nitrogens with zero attached hydrogens (tertiary/aromatic N) is 2. The summed E-state index contributed by atoms with van der Waals surface area (Å²) in [5, 5.41) is 4.81. The number of hydrogen-bond donors (Lipinski definition) is 1. The van der Waals surface area contributed by atoms with E-state index in [9.17, 15) is 0 Å². The maximum atomic E-state index is 6.17. The molecule has 2 heterocycles. The molecule has 0 saturated carbocycles. The fourth-order valence-corrected chi connectivity index (χ4v) is 2.36. The van der Waals surface area contributed by atoms with Gasteiger partial charge in [-0.05, 0) is 25.1 Å². The average molecular weight is 234 g/mol. The minimum atomic E-state index is 0.405. The zero-order chi connectivity index (χ0) is 11.0. The van der Waals surface area contributed by atoms with Crippen molar-refractivity contribution in [3.8, 4) is 0 Å². The molecule has 1 fully saturated rings. The van der Waals surface area contributed by atoms with E-state index >= 15 is 0 Å². The number of hydrogen-bond acceptors (Lipinski definition) is 3. The molecule has 1 atom stereocenters. The number of para-hydroxylation sites is 1. The van der Waals surface area contributed by atoms with E-state index in [2.05, 4.69) is 15.3 Å². The van der Waals surface area contributed by atoms with Gasteiger partial charge in [0.05, 0.1) is 5.52 Å². The Morgan fingerprint density at radius 3 is 2.94 bits per heavy atom. The van der Waals surface area contributed by atoms with Crippen LogP contribution in [0, 0.1) is 0 Å². The van der Waals surface area contributed by atoms with Gasteiger partial charge in [-0.2, -0.15) is 0 Å². The topological polar surface area (TPSA) is 37.8 Å². The predicted octanol–water partition coefficient (Wildman–Crippen LogP) is 2.36. The molecule has 0 radical (unpaired) electrons. The Balaban J connectivity index is 2.13. The van der Waals surface area contributed by atoms with Crippen LogP contribution in [-0.4, -0.2) is 23.1 Å². The highest BCUT2D eigenvalue weighted by molar-refractivity contribution is 6.34. The molecule has 1 aliphatic heterocycles. The van der Waals surface area contributed by atoms with Gasteiger partial charge in [0.15, 0.2) is 0 Å². The van der Waals surface area contributed by atoms with Crippen molar-refractivity contribution in [2.45, 2.75) is 12.3 Å². The molecule has 3 nitrogen and oxygen atoms in total. The van der Waals surface area contributed by atoms with Crippen molar-refractivity contribution in [1.29, 1.82) is 0 Å². The first kappa shape index (κ1) is 10.00. The van der Waals surface area contributed by atoms with E-state index in [1.54, 1.807) is 0 Å². The van der Waals surface area contributed by atoms with Crippen molar-refractivity contribution in [2.24, 2.45) is 0 Å². The number of rotatable bonds is 1. The normalized spacial score (nSPS) is 20.4. The van der Waals surface area contributed by atoms with Crippen molar-refractivity contribution in [3.05, 3.63) is 35.2 Å². The maximum absolute atomic E-state index is 6.17.